The number of carbonyl (C=O) groups excluding carboxylic acids is 1. The molecule has 2 aromatic rings. The molecule has 0 aliphatic heterocycles. The van der Waals surface area contributed by atoms with Crippen molar-refractivity contribution < 1.29 is 9.21 Å². The van der Waals surface area contributed by atoms with Crippen LogP contribution in [-0.4, -0.2) is 12.5 Å². The third-order valence-electron chi connectivity index (χ3n) is 3.08. The Hall–Kier alpha value is -2.23. The quantitative estimate of drug-likeness (QED) is 0.878. The molecule has 2 N–H and O–H groups in total. The molecule has 1 heterocycles. The van der Waals surface area contributed by atoms with Crippen molar-refractivity contribution in [1.29, 1.82) is 0 Å². The zero-order valence-electron chi connectivity index (χ0n) is 12.1. The Bertz CT molecular complexity index is 602. The summed E-state index contributed by atoms with van der Waals surface area (Å²) in [5.74, 6) is 1.77. The Kier molecular flexibility index (Phi) is 4.45. The Balaban J connectivity index is 2.04. The fourth-order valence-corrected chi connectivity index (χ4v) is 2.03. The number of hydrogen-bond acceptors (Lipinski definition) is 3. The van der Waals surface area contributed by atoms with Gasteiger partial charge in [0, 0.05) is 17.8 Å². The van der Waals surface area contributed by atoms with Gasteiger partial charge < -0.3 is 15.1 Å². The average Bonchev–Trinajstić information content (AvgIpc) is 2.83. The van der Waals surface area contributed by atoms with Gasteiger partial charge in [-0.1, -0.05) is 0 Å². The lowest BCUT2D eigenvalue weighted by Crippen LogP contribution is -2.22. The van der Waals surface area contributed by atoms with Crippen LogP contribution in [0.1, 0.15) is 34.4 Å². The van der Waals surface area contributed by atoms with Crippen LogP contribution < -0.4 is 10.6 Å². The zero-order chi connectivity index (χ0) is 14.5. The highest BCUT2D eigenvalue weighted by Crippen LogP contribution is 2.18. The van der Waals surface area contributed by atoms with Crippen LogP contribution in [0, 0.1) is 13.8 Å². The van der Waals surface area contributed by atoms with Gasteiger partial charge in [0.25, 0.3) is 5.91 Å². The number of furan rings is 1. The molecule has 0 radical (unpaired) electrons. The minimum absolute atomic E-state index is 0.0381. The smallest absolute Gasteiger partial charge is 0.251 e. The summed E-state index contributed by atoms with van der Waals surface area (Å²) < 4.78 is 5.51. The molecule has 0 saturated heterocycles. The normalized spacial score (nSPS) is 10.3. The van der Waals surface area contributed by atoms with Gasteiger partial charge in [-0.05, 0) is 56.7 Å². The maximum atomic E-state index is 11.7. The van der Waals surface area contributed by atoms with E-state index in [1.54, 1.807) is 0 Å². The van der Waals surface area contributed by atoms with Crippen molar-refractivity contribution in [2.24, 2.45) is 0 Å². The van der Waals surface area contributed by atoms with Crippen molar-refractivity contribution in [3.8, 4) is 0 Å². The highest BCUT2D eigenvalue weighted by atomic mass is 16.3. The fraction of sp³-hybridized carbons (Fsp3) is 0.312. The van der Waals surface area contributed by atoms with Gasteiger partial charge in [0.05, 0.1) is 6.54 Å². The molecule has 1 amide bonds. The van der Waals surface area contributed by atoms with Crippen LogP contribution in [0.4, 0.5) is 5.69 Å². The summed E-state index contributed by atoms with van der Waals surface area (Å²) in [4.78, 5) is 11.7. The predicted octanol–water partition coefficient (Wildman–Crippen LogP) is 3.26. The Labute approximate surface area is 119 Å². The minimum Gasteiger partial charge on any atom is -0.465 e. The standard InChI is InChI=1S/C16H20N2O2/c1-4-17-16(19)13-6-8-15(11(2)9-13)18-10-14-7-5-12(3)20-14/h5-9,18H,4,10H2,1-3H3,(H,17,19). The molecule has 0 aliphatic carbocycles. The predicted molar refractivity (Wildman–Crippen MR) is 80.0 cm³/mol. The van der Waals surface area contributed by atoms with E-state index in [-0.39, 0.29) is 5.91 Å². The first-order valence-electron chi connectivity index (χ1n) is 6.78. The molecule has 0 fully saturated rings. The average molecular weight is 272 g/mol. The summed E-state index contributed by atoms with van der Waals surface area (Å²) in [7, 11) is 0. The zero-order valence-corrected chi connectivity index (χ0v) is 12.1. The van der Waals surface area contributed by atoms with E-state index in [1.165, 1.54) is 0 Å². The number of aryl methyl sites for hydroxylation is 2. The maximum absolute atomic E-state index is 11.7. The van der Waals surface area contributed by atoms with E-state index in [2.05, 4.69) is 10.6 Å². The van der Waals surface area contributed by atoms with E-state index in [9.17, 15) is 4.79 Å². The van der Waals surface area contributed by atoms with Gasteiger partial charge in [0.1, 0.15) is 11.5 Å². The number of hydrogen-bond donors (Lipinski definition) is 2. The molecular weight excluding hydrogens is 252 g/mol. The lowest BCUT2D eigenvalue weighted by atomic mass is 10.1. The van der Waals surface area contributed by atoms with Crippen molar-refractivity contribution in [1.82, 2.24) is 5.32 Å². The molecule has 2 rings (SSSR count). The van der Waals surface area contributed by atoms with Crippen LogP contribution in [-0.2, 0) is 6.54 Å². The van der Waals surface area contributed by atoms with Crippen LogP contribution in [0.5, 0.6) is 0 Å². The van der Waals surface area contributed by atoms with E-state index in [4.69, 9.17) is 4.42 Å². The fourth-order valence-electron chi connectivity index (χ4n) is 2.03. The van der Waals surface area contributed by atoms with Gasteiger partial charge in [0.15, 0.2) is 0 Å². The summed E-state index contributed by atoms with van der Waals surface area (Å²) >= 11 is 0. The topological polar surface area (TPSA) is 54.3 Å². The molecule has 4 nitrogen and oxygen atoms in total. The largest absolute Gasteiger partial charge is 0.465 e. The van der Waals surface area contributed by atoms with Gasteiger partial charge in [-0.25, -0.2) is 0 Å². The highest BCUT2D eigenvalue weighted by molar-refractivity contribution is 5.94. The van der Waals surface area contributed by atoms with E-state index >= 15 is 0 Å². The molecule has 0 unspecified atom stereocenters. The van der Waals surface area contributed by atoms with E-state index in [1.807, 2.05) is 51.1 Å². The molecule has 0 saturated carbocycles. The van der Waals surface area contributed by atoms with Crippen molar-refractivity contribution >= 4 is 11.6 Å². The lowest BCUT2D eigenvalue weighted by molar-refractivity contribution is 0.0956. The molecule has 1 aromatic heterocycles. The number of amides is 1. The number of benzene rings is 1. The van der Waals surface area contributed by atoms with E-state index in [0.717, 1.165) is 22.8 Å². The first-order chi connectivity index (χ1) is 9.60. The Morgan fingerprint density at radius 2 is 2.00 bits per heavy atom. The maximum Gasteiger partial charge on any atom is 0.251 e. The van der Waals surface area contributed by atoms with Crippen LogP contribution in [0.15, 0.2) is 34.7 Å². The molecular formula is C16H20N2O2. The van der Waals surface area contributed by atoms with Crippen molar-refractivity contribution in [2.75, 3.05) is 11.9 Å². The van der Waals surface area contributed by atoms with Gasteiger partial charge >= 0.3 is 0 Å². The first-order valence-corrected chi connectivity index (χ1v) is 6.78. The second-order valence-corrected chi connectivity index (χ2v) is 4.76. The molecule has 20 heavy (non-hydrogen) atoms. The molecule has 4 heteroatoms. The minimum atomic E-state index is -0.0381. The number of carbonyl (C=O) groups is 1. The van der Waals surface area contributed by atoms with Crippen LogP contribution in [0.25, 0.3) is 0 Å². The molecule has 106 valence electrons. The summed E-state index contributed by atoms with van der Waals surface area (Å²) in [5.41, 5.74) is 2.73. The molecule has 0 atom stereocenters. The van der Waals surface area contributed by atoms with Gasteiger partial charge in [0.2, 0.25) is 0 Å². The third kappa shape index (κ3) is 3.41. The highest BCUT2D eigenvalue weighted by Gasteiger charge is 2.07. The van der Waals surface area contributed by atoms with Crippen molar-refractivity contribution in [3.63, 3.8) is 0 Å². The van der Waals surface area contributed by atoms with E-state index < -0.39 is 0 Å². The Morgan fingerprint density at radius 1 is 1.20 bits per heavy atom. The van der Waals surface area contributed by atoms with Gasteiger partial charge in [-0.15, -0.1) is 0 Å². The second kappa shape index (κ2) is 6.28. The van der Waals surface area contributed by atoms with E-state index in [0.29, 0.717) is 18.7 Å². The third-order valence-corrected chi connectivity index (χ3v) is 3.08. The monoisotopic (exact) mass is 272 g/mol. The Morgan fingerprint density at radius 3 is 2.60 bits per heavy atom. The SMILES string of the molecule is CCNC(=O)c1ccc(NCc2ccc(C)o2)c(C)c1. The van der Waals surface area contributed by atoms with Gasteiger partial charge in [-0.3, -0.25) is 4.79 Å². The molecule has 0 bridgehead atoms. The second-order valence-electron chi connectivity index (χ2n) is 4.76. The van der Waals surface area contributed by atoms with Gasteiger partial charge in [-0.2, -0.15) is 0 Å². The molecule has 0 spiro atoms. The lowest BCUT2D eigenvalue weighted by Gasteiger charge is -2.10. The summed E-state index contributed by atoms with van der Waals surface area (Å²) in [5, 5.41) is 6.11. The number of rotatable bonds is 5. The molecule has 1 aromatic carbocycles. The number of nitrogens with one attached hydrogen (secondary N) is 2. The summed E-state index contributed by atoms with van der Waals surface area (Å²) in [6.45, 7) is 7.09. The first kappa shape index (κ1) is 14.2. The van der Waals surface area contributed by atoms with Crippen LogP contribution in [0.2, 0.25) is 0 Å². The molecule has 0 aliphatic rings. The summed E-state index contributed by atoms with van der Waals surface area (Å²) in [6, 6.07) is 9.55. The van der Waals surface area contributed by atoms with Crippen LogP contribution in [0.3, 0.4) is 0 Å². The van der Waals surface area contributed by atoms with Crippen molar-refractivity contribution in [3.05, 3.63) is 53.0 Å². The number of anilines is 1. The van der Waals surface area contributed by atoms with Crippen molar-refractivity contribution in [2.45, 2.75) is 27.3 Å². The summed E-state index contributed by atoms with van der Waals surface area (Å²) in [6.07, 6.45) is 0. The van der Waals surface area contributed by atoms with Crippen LogP contribution >= 0.6 is 0 Å².